The van der Waals surface area contributed by atoms with Gasteiger partial charge in [0.2, 0.25) is 5.88 Å². The molecular weight excluding hydrogens is 821 g/mol. The molecule has 0 radical (unpaired) electrons. The maximum Gasteiger partial charge on any atom is 0.266 e. The van der Waals surface area contributed by atoms with Gasteiger partial charge in [0.05, 0.1) is 31.2 Å². The van der Waals surface area contributed by atoms with Crippen molar-refractivity contribution in [1.29, 1.82) is 0 Å². The first-order chi connectivity index (χ1) is 31.2. The number of ether oxygens (including phenoxy) is 3. The van der Waals surface area contributed by atoms with Gasteiger partial charge < -0.3 is 24.6 Å². The molecule has 2 N–H and O–H groups in total. The number of nitrogens with zero attached hydrogens (tertiary/aromatic N) is 3. The smallest absolute Gasteiger partial charge is 0.266 e. The number of Topliss-reactive ketones (excluding diaryl/α,β-unsaturated/α-hetero) is 1. The van der Waals surface area contributed by atoms with Crippen molar-refractivity contribution >= 4 is 35.6 Å². The van der Waals surface area contributed by atoms with E-state index in [0.717, 1.165) is 76.4 Å². The molecule has 11 heteroatoms. The number of rotatable bonds is 36. The van der Waals surface area contributed by atoms with Crippen molar-refractivity contribution in [1.82, 2.24) is 9.13 Å². The van der Waals surface area contributed by atoms with E-state index in [2.05, 4.69) is 33.0 Å². The number of unbranched alkanes of at least 4 members (excludes halogenated alkanes) is 19. The monoisotopic (exact) mass is 903 g/mol. The number of carbonyl (C=O) groups is 1. The van der Waals surface area contributed by atoms with E-state index in [9.17, 15) is 14.7 Å². The normalized spacial score (nSPS) is 11.7. The van der Waals surface area contributed by atoms with Gasteiger partial charge in [0.25, 0.3) is 5.56 Å². The molecule has 0 bridgehead atoms. The molecule has 0 saturated carbocycles. The highest BCUT2D eigenvalue weighted by atomic mass is 32.1. The van der Waals surface area contributed by atoms with E-state index in [4.69, 9.17) is 31.4 Å². The van der Waals surface area contributed by atoms with E-state index in [1.165, 1.54) is 92.4 Å². The van der Waals surface area contributed by atoms with Crippen LogP contribution in [0.3, 0.4) is 0 Å². The van der Waals surface area contributed by atoms with Gasteiger partial charge in [-0.05, 0) is 68.6 Å². The average Bonchev–Trinajstić information content (AvgIpc) is 3.30. The molecule has 0 aliphatic carbocycles. The molecule has 0 atom stereocenters. The summed E-state index contributed by atoms with van der Waals surface area (Å²) in [6.45, 7) is 10.6. The number of carbonyl (C=O) groups excluding carboxylic acids is 1. The second kappa shape index (κ2) is 32.3. The second-order valence-electron chi connectivity index (χ2n) is 17.2. The number of allylic oxidation sites excluding steroid dienone is 1. The van der Waals surface area contributed by atoms with Crippen molar-refractivity contribution in [2.45, 2.75) is 182 Å². The molecule has 3 aromatic rings. The van der Waals surface area contributed by atoms with Crippen LogP contribution in [-0.4, -0.2) is 46.1 Å². The Labute approximate surface area is 390 Å². The number of anilines is 1. The van der Waals surface area contributed by atoms with E-state index in [0.29, 0.717) is 60.3 Å². The summed E-state index contributed by atoms with van der Waals surface area (Å²) >= 11 is 5.36. The van der Waals surface area contributed by atoms with Gasteiger partial charge in [0.15, 0.2) is 22.1 Å². The lowest BCUT2D eigenvalue weighted by molar-refractivity contribution is 0.103. The second-order valence-corrected chi connectivity index (χ2v) is 17.6. The zero-order chi connectivity index (χ0) is 46.4. The van der Waals surface area contributed by atoms with Gasteiger partial charge in [-0.15, -0.1) is 0 Å². The highest BCUT2D eigenvalue weighted by Gasteiger charge is 2.17. The van der Waals surface area contributed by atoms with E-state index >= 15 is 0 Å². The van der Waals surface area contributed by atoms with Crippen LogP contribution < -0.4 is 25.1 Å². The number of benzene rings is 2. The third-order valence-corrected chi connectivity index (χ3v) is 12.2. The maximum absolute atomic E-state index is 14.3. The topological polar surface area (TPSA) is 116 Å². The minimum Gasteiger partial charge on any atom is -0.494 e. The molecule has 0 saturated heterocycles. The molecule has 0 amide bonds. The predicted octanol–water partition coefficient (Wildman–Crippen LogP) is 14.7. The standard InChI is InChI=1S/C53H82N4O6S/c1-7-11-15-19-23-27-35-61-44-33-31-42(32-34-44)50(58)43(30-26-22-18-14-10-4)40-54-46-38-48(62-36-28-24-20-16-12-8-2)49(63-37-29-25-21-17-13-9-3)39-47(46)55-41-45-51(59)56(5)53(64)57(6)52(45)60/h31-34,38-41,54,59H,7-30,35-37H2,1-6H3/b43-40+,55-41?. The Morgan fingerprint density at radius 1 is 0.656 bits per heavy atom. The van der Waals surface area contributed by atoms with Crippen LogP contribution in [0.2, 0.25) is 0 Å². The summed E-state index contributed by atoms with van der Waals surface area (Å²) in [5, 5.41) is 14.4. The summed E-state index contributed by atoms with van der Waals surface area (Å²) in [6.07, 6.45) is 29.9. The Bertz CT molecular complexity index is 1970. The van der Waals surface area contributed by atoms with Crippen molar-refractivity contribution < 1.29 is 24.1 Å². The van der Waals surface area contributed by atoms with E-state index in [1.807, 2.05) is 36.4 Å². The van der Waals surface area contributed by atoms with Crippen LogP contribution in [0.25, 0.3) is 0 Å². The number of ketones is 1. The predicted molar refractivity (Wildman–Crippen MR) is 269 cm³/mol. The van der Waals surface area contributed by atoms with Crippen molar-refractivity contribution in [3.63, 3.8) is 0 Å². The lowest BCUT2D eigenvalue weighted by Gasteiger charge is -2.17. The summed E-state index contributed by atoms with van der Waals surface area (Å²) in [5.74, 6) is 1.56. The number of aromatic nitrogens is 2. The summed E-state index contributed by atoms with van der Waals surface area (Å²) < 4.78 is 21.8. The van der Waals surface area contributed by atoms with Crippen molar-refractivity contribution in [2.75, 3.05) is 25.1 Å². The molecule has 3 rings (SSSR count). The minimum atomic E-state index is -0.466. The number of aliphatic imine (C=N–C) groups is 1. The first-order valence-electron chi connectivity index (χ1n) is 24.9. The Hall–Kier alpha value is -4.38. The fourth-order valence-electron chi connectivity index (χ4n) is 7.53. The molecule has 2 aromatic carbocycles. The highest BCUT2D eigenvalue weighted by Crippen LogP contribution is 2.39. The van der Waals surface area contributed by atoms with Gasteiger partial charge >= 0.3 is 0 Å². The highest BCUT2D eigenvalue weighted by molar-refractivity contribution is 7.71. The van der Waals surface area contributed by atoms with Crippen molar-refractivity contribution in [2.24, 2.45) is 19.1 Å². The first-order valence-corrected chi connectivity index (χ1v) is 25.3. The SMILES string of the molecule is CCCCCCCCOc1ccc(C(=O)/C(=C/Nc2cc(OCCCCCCCC)c(OCCCCCCCC)cc2N=Cc2c(O)n(C)c(=S)n(C)c2=O)CCCCCCC)cc1. The molecule has 1 heterocycles. The van der Waals surface area contributed by atoms with Crippen LogP contribution in [0.5, 0.6) is 23.1 Å². The van der Waals surface area contributed by atoms with E-state index in [1.54, 1.807) is 20.3 Å². The van der Waals surface area contributed by atoms with Crippen molar-refractivity contribution in [3.8, 4) is 23.1 Å². The minimum absolute atomic E-state index is 0.000357. The van der Waals surface area contributed by atoms with E-state index in [-0.39, 0.29) is 22.0 Å². The zero-order valence-corrected chi connectivity index (χ0v) is 41.3. The molecular formula is C53H82N4O6S. The number of hydrogen-bond acceptors (Lipinski definition) is 9. The molecule has 356 valence electrons. The molecule has 10 nitrogen and oxygen atoms in total. The maximum atomic E-state index is 14.3. The molecule has 64 heavy (non-hydrogen) atoms. The van der Waals surface area contributed by atoms with Gasteiger partial charge in [0, 0.05) is 49.8 Å². The van der Waals surface area contributed by atoms with Crippen molar-refractivity contribution in [3.05, 3.63) is 74.4 Å². The first kappa shape index (κ1) is 54.0. The fraction of sp³-hybridized carbons (Fsp3) is 0.623. The van der Waals surface area contributed by atoms with Gasteiger partial charge in [-0.3, -0.25) is 23.7 Å². The summed E-state index contributed by atoms with van der Waals surface area (Å²) in [6, 6.07) is 11.2. The Morgan fingerprint density at radius 2 is 1.12 bits per heavy atom. The molecule has 0 unspecified atom stereocenters. The lowest BCUT2D eigenvalue weighted by Crippen LogP contribution is -2.25. The third-order valence-electron chi connectivity index (χ3n) is 11.7. The largest absolute Gasteiger partial charge is 0.494 e. The quantitative estimate of drug-likeness (QED) is 0.0195. The summed E-state index contributed by atoms with van der Waals surface area (Å²) in [7, 11) is 3.18. The van der Waals surface area contributed by atoms with Crippen LogP contribution in [0.4, 0.5) is 11.4 Å². The lowest BCUT2D eigenvalue weighted by atomic mass is 9.98. The van der Waals surface area contributed by atoms with Gasteiger partial charge in [-0.1, -0.05) is 150 Å². The molecule has 0 fully saturated rings. The fourth-order valence-corrected chi connectivity index (χ4v) is 7.70. The van der Waals surface area contributed by atoms with E-state index < -0.39 is 5.56 Å². The van der Waals surface area contributed by atoms with Gasteiger partial charge in [-0.25, -0.2) is 0 Å². The number of nitrogens with one attached hydrogen (secondary N) is 1. The van der Waals surface area contributed by atoms with Crippen LogP contribution in [-0.2, 0) is 14.1 Å². The molecule has 0 aliphatic heterocycles. The Balaban J connectivity index is 2.02. The molecule has 1 aromatic heterocycles. The Kier molecular flexibility index (Phi) is 27.2. The Morgan fingerprint density at radius 3 is 1.66 bits per heavy atom. The number of aromatic hydroxyl groups is 1. The molecule has 0 aliphatic rings. The van der Waals surface area contributed by atoms with Gasteiger partial charge in [-0.2, -0.15) is 0 Å². The summed E-state index contributed by atoms with van der Waals surface area (Å²) in [4.78, 5) is 32.4. The zero-order valence-electron chi connectivity index (χ0n) is 40.4. The van der Waals surface area contributed by atoms with Gasteiger partial charge in [0.1, 0.15) is 11.3 Å². The van der Waals surface area contributed by atoms with Crippen LogP contribution in [0.1, 0.15) is 198 Å². The number of hydrogen-bond donors (Lipinski definition) is 2. The van der Waals surface area contributed by atoms with Crippen LogP contribution >= 0.6 is 12.2 Å². The average molecular weight is 903 g/mol. The van der Waals surface area contributed by atoms with Crippen LogP contribution in [0.15, 0.2) is 58.0 Å². The van der Waals surface area contributed by atoms with Crippen LogP contribution in [0, 0.1) is 4.77 Å². The molecule has 0 spiro atoms. The summed E-state index contributed by atoms with van der Waals surface area (Å²) in [5.41, 5.74) is 1.79. The third kappa shape index (κ3) is 19.4.